The molecule has 7 heteroatoms. The average molecular weight is 309 g/mol. The second-order valence-electron chi connectivity index (χ2n) is 4.28. The Kier molecular flexibility index (Phi) is 3.20. The fourth-order valence-electron chi connectivity index (χ4n) is 2.27. The number of aliphatic carboxylic acids is 1. The first kappa shape index (κ1) is 12.5. The third-order valence-corrected chi connectivity index (χ3v) is 3.77. The van der Waals surface area contributed by atoms with Gasteiger partial charge in [0.15, 0.2) is 0 Å². The number of hydrogen-bond acceptors (Lipinski definition) is 2. The van der Waals surface area contributed by atoms with Gasteiger partial charge in [-0.25, -0.2) is 8.78 Å². The summed E-state index contributed by atoms with van der Waals surface area (Å²) < 4.78 is 27.3. The van der Waals surface area contributed by atoms with Gasteiger partial charge >= 0.3 is 5.97 Å². The molecule has 0 aliphatic heterocycles. The van der Waals surface area contributed by atoms with E-state index in [2.05, 4.69) is 26.1 Å². The van der Waals surface area contributed by atoms with Crippen molar-refractivity contribution in [3.8, 4) is 0 Å². The molecule has 2 rings (SSSR count). The molecular formula is C10H11BrF2N2O2. The minimum absolute atomic E-state index is 0.0154. The zero-order valence-corrected chi connectivity index (χ0v) is 10.4. The lowest BCUT2D eigenvalue weighted by Gasteiger charge is -2.33. The first-order valence-electron chi connectivity index (χ1n) is 5.20. The van der Waals surface area contributed by atoms with Crippen LogP contribution in [0.5, 0.6) is 0 Å². The average Bonchev–Trinajstić information content (AvgIpc) is 2.62. The normalized spacial score (nSPS) is 27.9. The highest BCUT2D eigenvalue weighted by molar-refractivity contribution is 9.10. The zero-order chi connectivity index (χ0) is 12.6. The number of nitrogens with zero attached hydrogens (tertiary/aromatic N) is 1. The van der Waals surface area contributed by atoms with Gasteiger partial charge in [-0.2, -0.15) is 5.10 Å². The van der Waals surface area contributed by atoms with Crippen LogP contribution in [0.3, 0.4) is 0 Å². The number of rotatable bonds is 2. The Bertz CT molecular complexity index is 436. The summed E-state index contributed by atoms with van der Waals surface area (Å²) in [6.45, 7) is 0. The highest BCUT2D eigenvalue weighted by Gasteiger charge is 2.45. The van der Waals surface area contributed by atoms with Crippen LogP contribution in [0.25, 0.3) is 0 Å². The van der Waals surface area contributed by atoms with E-state index in [-0.39, 0.29) is 12.8 Å². The van der Waals surface area contributed by atoms with E-state index in [1.54, 1.807) is 0 Å². The molecule has 1 saturated carbocycles. The Morgan fingerprint density at radius 2 is 2.35 bits per heavy atom. The first-order valence-corrected chi connectivity index (χ1v) is 5.99. The van der Waals surface area contributed by atoms with Gasteiger partial charge in [-0.15, -0.1) is 0 Å². The Morgan fingerprint density at radius 1 is 1.65 bits per heavy atom. The van der Waals surface area contributed by atoms with Crippen molar-refractivity contribution in [3.63, 3.8) is 0 Å². The largest absolute Gasteiger partial charge is 0.481 e. The number of H-pyrrole nitrogens is 1. The Morgan fingerprint density at radius 3 is 2.88 bits per heavy atom. The minimum atomic E-state index is -2.80. The summed E-state index contributed by atoms with van der Waals surface area (Å²) >= 11 is 3.18. The van der Waals surface area contributed by atoms with Crippen molar-refractivity contribution in [3.05, 3.63) is 16.4 Å². The summed E-state index contributed by atoms with van der Waals surface area (Å²) in [6.07, 6.45) is 0.608. The molecule has 0 bridgehead atoms. The molecule has 1 aromatic rings. The number of carboxylic acids is 1. The molecule has 2 unspecified atom stereocenters. The van der Waals surface area contributed by atoms with Crippen molar-refractivity contribution in [2.75, 3.05) is 0 Å². The molecule has 1 heterocycles. The summed E-state index contributed by atoms with van der Waals surface area (Å²) in [4.78, 5) is 11.1. The molecule has 0 radical (unpaired) electrons. The number of aromatic nitrogens is 2. The molecule has 0 saturated heterocycles. The number of hydrogen-bond donors (Lipinski definition) is 2. The van der Waals surface area contributed by atoms with E-state index in [0.29, 0.717) is 10.2 Å². The van der Waals surface area contributed by atoms with E-state index in [0.717, 1.165) is 0 Å². The summed E-state index contributed by atoms with van der Waals surface area (Å²) in [5.74, 6) is -5.35. The SMILES string of the molecule is O=C(O)C1CCC(F)(F)CC1c1[nH]ncc1Br. The second-order valence-corrected chi connectivity index (χ2v) is 5.14. The summed E-state index contributed by atoms with van der Waals surface area (Å²) in [5, 5.41) is 15.4. The van der Waals surface area contributed by atoms with Gasteiger partial charge in [0.25, 0.3) is 0 Å². The van der Waals surface area contributed by atoms with Crippen molar-refractivity contribution >= 4 is 21.9 Å². The molecule has 1 fully saturated rings. The van der Waals surface area contributed by atoms with Crippen LogP contribution in [0.1, 0.15) is 30.9 Å². The van der Waals surface area contributed by atoms with Crippen LogP contribution < -0.4 is 0 Å². The highest BCUT2D eigenvalue weighted by atomic mass is 79.9. The van der Waals surface area contributed by atoms with Crippen molar-refractivity contribution in [1.82, 2.24) is 10.2 Å². The van der Waals surface area contributed by atoms with Crippen LogP contribution in [0, 0.1) is 5.92 Å². The molecule has 0 aromatic carbocycles. The molecule has 1 aromatic heterocycles. The van der Waals surface area contributed by atoms with E-state index >= 15 is 0 Å². The van der Waals surface area contributed by atoms with E-state index in [9.17, 15) is 13.6 Å². The van der Waals surface area contributed by atoms with Gasteiger partial charge in [0.1, 0.15) is 0 Å². The maximum Gasteiger partial charge on any atom is 0.307 e. The first-order chi connectivity index (χ1) is 7.91. The molecule has 2 atom stereocenters. The molecular weight excluding hydrogens is 298 g/mol. The fourth-order valence-corrected chi connectivity index (χ4v) is 2.76. The van der Waals surface area contributed by atoms with Gasteiger partial charge in [0.2, 0.25) is 5.92 Å². The maximum absolute atomic E-state index is 13.4. The van der Waals surface area contributed by atoms with Crippen LogP contribution in [0.2, 0.25) is 0 Å². The molecule has 94 valence electrons. The van der Waals surface area contributed by atoms with Gasteiger partial charge in [-0.05, 0) is 22.4 Å². The maximum atomic E-state index is 13.4. The van der Waals surface area contributed by atoms with Crippen molar-refractivity contribution < 1.29 is 18.7 Å². The van der Waals surface area contributed by atoms with Crippen molar-refractivity contribution in [1.29, 1.82) is 0 Å². The monoisotopic (exact) mass is 308 g/mol. The molecule has 0 amide bonds. The summed E-state index contributed by atoms with van der Waals surface area (Å²) in [7, 11) is 0. The molecule has 1 aliphatic rings. The van der Waals surface area contributed by atoms with Gasteiger partial charge in [0.05, 0.1) is 22.3 Å². The van der Waals surface area contributed by atoms with Gasteiger partial charge < -0.3 is 5.11 Å². The molecule has 1 aliphatic carbocycles. The Hall–Kier alpha value is -0.980. The predicted molar refractivity (Wildman–Crippen MR) is 59.0 cm³/mol. The van der Waals surface area contributed by atoms with Crippen LogP contribution >= 0.6 is 15.9 Å². The Labute approximate surface area is 105 Å². The standard InChI is InChI=1S/C10H11BrF2N2O2/c11-7-4-14-15-8(7)6-3-10(12,13)2-1-5(6)9(16)17/h4-6H,1-3H2,(H,14,15)(H,16,17). The smallest absolute Gasteiger partial charge is 0.307 e. The number of carbonyl (C=O) groups is 1. The van der Waals surface area contributed by atoms with Crippen molar-refractivity contribution in [2.24, 2.45) is 5.92 Å². The quantitative estimate of drug-likeness (QED) is 0.883. The lowest BCUT2D eigenvalue weighted by Crippen LogP contribution is -2.35. The van der Waals surface area contributed by atoms with Crippen LogP contribution in [-0.2, 0) is 4.79 Å². The molecule has 2 N–H and O–H groups in total. The molecule has 17 heavy (non-hydrogen) atoms. The highest BCUT2D eigenvalue weighted by Crippen LogP contribution is 2.46. The minimum Gasteiger partial charge on any atom is -0.481 e. The van der Waals surface area contributed by atoms with Gasteiger partial charge in [-0.1, -0.05) is 0 Å². The lowest BCUT2D eigenvalue weighted by molar-refractivity contribution is -0.147. The number of carboxylic acid groups (broad SMARTS) is 1. The topological polar surface area (TPSA) is 66.0 Å². The van der Waals surface area contributed by atoms with E-state index < -0.39 is 30.1 Å². The fraction of sp³-hybridized carbons (Fsp3) is 0.600. The summed E-state index contributed by atoms with van der Waals surface area (Å²) in [5.41, 5.74) is 0.441. The molecule has 0 spiro atoms. The van der Waals surface area contributed by atoms with Gasteiger partial charge in [0, 0.05) is 18.8 Å². The summed E-state index contributed by atoms with van der Waals surface area (Å²) in [6, 6.07) is 0. The number of halogens is 3. The van der Waals surface area contributed by atoms with Crippen molar-refractivity contribution in [2.45, 2.75) is 31.1 Å². The number of nitrogens with one attached hydrogen (secondary N) is 1. The lowest BCUT2D eigenvalue weighted by atomic mass is 9.76. The molecule has 4 nitrogen and oxygen atoms in total. The van der Waals surface area contributed by atoms with E-state index in [1.807, 2.05) is 0 Å². The van der Waals surface area contributed by atoms with E-state index in [4.69, 9.17) is 5.11 Å². The Balaban J connectivity index is 2.32. The second kappa shape index (κ2) is 4.36. The van der Waals surface area contributed by atoms with Crippen LogP contribution in [0.15, 0.2) is 10.7 Å². The predicted octanol–water partition coefficient (Wildman–Crippen LogP) is 2.78. The number of aromatic amines is 1. The van der Waals surface area contributed by atoms with Crippen LogP contribution in [0.4, 0.5) is 8.78 Å². The third-order valence-electron chi connectivity index (χ3n) is 3.13. The third kappa shape index (κ3) is 2.48. The zero-order valence-electron chi connectivity index (χ0n) is 8.79. The van der Waals surface area contributed by atoms with E-state index in [1.165, 1.54) is 6.20 Å². The van der Waals surface area contributed by atoms with Crippen LogP contribution in [-0.4, -0.2) is 27.2 Å². The number of alkyl halides is 2. The van der Waals surface area contributed by atoms with Gasteiger partial charge in [-0.3, -0.25) is 9.89 Å².